The molecule has 1 unspecified atom stereocenters. The first-order valence-corrected chi connectivity index (χ1v) is 23.3. The van der Waals surface area contributed by atoms with Gasteiger partial charge in [0.25, 0.3) is 0 Å². The van der Waals surface area contributed by atoms with Crippen LogP contribution in [0.25, 0.3) is 0 Å². The Morgan fingerprint density at radius 1 is 0.370 bits per heavy atom. The minimum Gasteiger partial charge on any atom is -0.462 e. The number of ether oxygens (including phenoxy) is 3. The molecule has 0 aliphatic carbocycles. The van der Waals surface area contributed by atoms with Crippen LogP contribution >= 0.6 is 0 Å². The quantitative estimate of drug-likeness (QED) is 0.0267. The van der Waals surface area contributed by atoms with Crippen molar-refractivity contribution in [2.45, 2.75) is 252 Å². The summed E-state index contributed by atoms with van der Waals surface area (Å²) < 4.78 is 16.7. The number of allylic oxidation sites excluding steroid dienone is 4. The monoisotopic (exact) mass is 761 g/mol. The van der Waals surface area contributed by atoms with Crippen LogP contribution in [0.2, 0.25) is 0 Å². The third-order valence-corrected chi connectivity index (χ3v) is 10.2. The largest absolute Gasteiger partial charge is 0.462 e. The predicted octanol–water partition coefficient (Wildman–Crippen LogP) is 14.8. The predicted molar refractivity (Wildman–Crippen MR) is 229 cm³/mol. The standard InChI is InChI=1S/C48H88O6/c1-4-7-10-13-16-18-20-21-22-23-24-25-26-28-29-32-35-38-41-47(50)53-44-45(43-52-46(49)40-37-34-31-15-12-9-6-3)54-48(51)42-39-36-33-30-27-19-17-14-11-8-5-2/h18,20,22-23,45H,4-17,19,21,24-44H2,1-3H3/b20-18-,23-22-. The van der Waals surface area contributed by atoms with E-state index in [0.717, 1.165) is 70.6 Å². The first-order chi connectivity index (χ1) is 26.5. The fraction of sp³-hybridized carbons (Fsp3) is 0.854. The van der Waals surface area contributed by atoms with Gasteiger partial charge in [0.1, 0.15) is 13.2 Å². The Balaban J connectivity index is 4.24. The second-order valence-corrected chi connectivity index (χ2v) is 15.7. The van der Waals surface area contributed by atoms with Crippen LogP contribution in [0.15, 0.2) is 24.3 Å². The fourth-order valence-corrected chi connectivity index (χ4v) is 6.65. The topological polar surface area (TPSA) is 78.9 Å². The summed E-state index contributed by atoms with van der Waals surface area (Å²) in [6.45, 7) is 6.57. The van der Waals surface area contributed by atoms with Gasteiger partial charge in [-0.05, 0) is 51.4 Å². The molecule has 54 heavy (non-hydrogen) atoms. The Morgan fingerprint density at radius 2 is 0.667 bits per heavy atom. The smallest absolute Gasteiger partial charge is 0.306 e. The highest BCUT2D eigenvalue weighted by molar-refractivity contribution is 5.71. The molecule has 0 heterocycles. The van der Waals surface area contributed by atoms with Gasteiger partial charge in [-0.1, -0.05) is 199 Å². The Hall–Kier alpha value is -2.11. The summed E-state index contributed by atoms with van der Waals surface area (Å²) in [5.74, 6) is -0.880. The van der Waals surface area contributed by atoms with E-state index >= 15 is 0 Å². The van der Waals surface area contributed by atoms with Crippen LogP contribution in [-0.2, 0) is 28.6 Å². The van der Waals surface area contributed by atoms with E-state index in [9.17, 15) is 14.4 Å². The SMILES string of the molecule is CCCCCC/C=C\C/C=C\CCCCCCCCCC(=O)OCC(COC(=O)CCCCCCCCC)OC(=O)CCCCCCCCCCCCC. The zero-order valence-corrected chi connectivity index (χ0v) is 36.0. The van der Waals surface area contributed by atoms with E-state index in [1.165, 1.54) is 135 Å². The molecule has 0 saturated heterocycles. The van der Waals surface area contributed by atoms with E-state index in [1.807, 2.05) is 0 Å². The maximum atomic E-state index is 12.7. The molecule has 0 saturated carbocycles. The van der Waals surface area contributed by atoms with Gasteiger partial charge < -0.3 is 14.2 Å². The van der Waals surface area contributed by atoms with E-state index in [4.69, 9.17) is 14.2 Å². The van der Waals surface area contributed by atoms with Crippen LogP contribution in [0.3, 0.4) is 0 Å². The maximum absolute atomic E-state index is 12.7. The molecular formula is C48H88O6. The number of carbonyl (C=O) groups is 3. The Morgan fingerprint density at radius 3 is 1.04 bits per heavy atom. The molecule has 0 aromatic carbocycles. The third kappa shape index (κ3) is 41.1. The molecule has 0 N–H and O–H groups in total. The fourth-order valence-electron chi connectivity index (χ4n) is 6.65. The molecule has 0 bridgehead atoms. The van der Waals surface area contributed by atoms with Crippen molar-refractivity contribution in [2.75, 3.05) is 13.2 Å². The highest BCUT2D eigenvalue weighted by atomic mass is 16.6. The molecule has 0 radical (unpaired) electrons. The van der Waals surface area contributed by atoms with Crippen molar-refractivity contribution in [1.29, 1.82) is 0 Å². The van der Waals surface area contributed by atoms with Gasteiger partial charge in [0, 0.05) is 19.3 Å². The van der Waals surface area contributed by atoms with Crippen LogP contribution < -0.4 is 0 Å². The molecule has 0 spiro atoms. The van der Waals surface area contributed by atoms with E-state index in [0.29, 0.717) is 19.3 Å². The minimum atomic E-state index is -0.765. The summed E-state index contributed by atoms with van der Waals surface area (Å²) in [5.41, 5.74) is 0. The second kappa shape index (κ2) is 43.6. The molecule has 0 fully saturated rings. The molecule has 1 atom stereocenters. The summed E-state index contributed by atoms with van der Waals surface area (Å²) in [5, 5.41) is 0. The van der Waals surface area contributed by atoms with Crippen LogP contribution in [-0.4, -0.2) is 37.2 Å². The highest BCUT2D eigenvalue weighted by Gasteiger charge is 2.19. The van der Waals surface area contributed by atoms with Gasteiger partial charge in [-0.3, -0.25) is 14.4 Å². The van der Waals surface area contributed by atoms with Crippen LogP contribution in [0.1, 0.15) is 245 Å². The lowest BCUT2D eigenvalue weighted by atomic mass is 10.1. The number of rotatable bonds is 42. The molecule has 0 aliphatic heterocycles. The van der Waals surface area contributed by atoms with Crippen LogP contribution in [0.5, 0.6) is 0 Å². The summed E-state index contributed by atoms with van der Waals surface area (Å²) >= 11 is 0. The van der Waals surface area contributed by atoms with Gasteiger partial charge in [-0.25, -0.2) is 0 Å². The van der Waals surface area contributed by atoms with E-state index in [1.54, 1.807) is 0 Å². The van der Waals surface area contributed by atoms with Gasteiger partial charge >= 0.3 is 17.9 Å². The number of unbranched alkanes of at least 4 members (excludes halogenated alkanes) is 27. The average molecular weight is 761 g/mol. The molecule has 0 aliphatic rings. The lowest BCUT2D eigenvalue weighted by Crippen LogP contribution is -2.30. The molecule has 0 aromatic heterocycles. The number of esters is 3. The van der Waals surface area contributed by atoms with Crippen molar-refractivity contribution in [1.82, 2.24) is 0 Å². The van der Waals surface area contributed by atoms with Crippen molar-refractivity contribution >= 4 is 17.9 Å². The van der Waals surface area contributed by atoms with Crippen molar-refractivity contribution in [3.8, 4) is 0 Å². The molecule has 6 heteroatoms. The molecule has 6 nitrogen and oxygen atoms in total. The summed E-state index contributed by atoms with van der Waals surface area (Å²) in [4.78, 5) is 37.6. The van der Waals surface area contributed by atoms with Gasteiger partial charge in [0.2, 0.25) is 0 Å². The molecule has 0 rings (SSSR count). The second-order valence-electron chi connectivity index (χ2n) is 15.7. The zero-order valence-electron chi connectivity index (χ0n) is 36.0. The molecule has 0 amide bonds. The van der Waals surface area contributed by atoms with Crippen molar-refractivity contribution in [3.63, 3.8) is 0 Å². The Kier molecular flexibility index (Phi) is 41.9. The van der Waals surface area contributed by atoms with E-state index < -0.39 is 6.10 Å². The van der Waals surface area contributed by atoms with Crippen LogP contribution in [0, 0.1) is 0 Å². The lowest BCUT2D eigenvalue weighted by molar-refractivity contribution is -0.167. The number of hydrogen-bond donors (Lipinski definition) is 0. The summed E-state index contributed by atoms with van der Waals surface area (Å²) in [6, 6.07) is 0. The molecular weight excluding hydrogens is 673 g/mol. The Labute approximate surface area is 334 Å². The van der Waals surface area contributed by atoms with Crippen molar-refractivity contribution in [3.05, 3.63) is 24.3 Å². The van der Waals surface area contributed by atoms with Gasteiger partial charge in [-0.2, -0.15) is 0 Å². The minimum absolute atomic E-state index is 0.0708. The van der Waals surface area contributed by atoms with Gasteiger partial charge in [0.15, 0.2) is 6.10 Å². The van der Waals surface area contributed by atoms with E-state index in [2.05, 4.69) is 45.1 Å². The third-order valence-electron chi connectivity index (χ3n) is 10.2. The summed E-state index contributed by atoms with van der Waals surface area (Å²) in [6.07, 6.45) is 47.4. The normalized spacial score (nSPS) is 12.1. The zero-order chi connectivity index (χ0) is 39.4. The highest BCUT2D eigenvalue weighted by Crippen LogP contribution is 2.15. The average Bonchev–Trinajstić information content (AvgIpc) is 3.17. The van der Waals surface area contributed by atoms with E-state index in [-0.39, 0.29) is 31.1 Å². The molecule has 316 valence electrons. The van der Waals surface area contributed by atoms with Gasteiger partial charge in [-0.15, -0.1) is 0 Å². The van der Waals surface area contributed by atoms with Crippen LogP contribution in [0.4, 0.5) is 0 Å². The number of carbonyl (C=O) groups excluding carboxylic acids is 3. The first kappa shape index (κ1) is 51.9. The first-order valence-electron chi connectivity index (χ1n) is 23.3. The van der Waals surface area contributed by atoms with Crippen molar-refractivity contribution in [2.24, 2.45) is 0 Å². The number of hydrogen-bond acceptors (Lipinski definition) is 6. The Bertz CT molecular complexity index is 880. The molecule has 0 aromatic rings. The lowest BCUT2D eigenvalue weighted by Gasteiger charge is -2.18. The summed E-state index contributed by atoms with van der Waals surface area (Å²) in [7, 11) is 0. The van der Waals surface area contributed by atoms with Gasteiger partial charge in [0.05, 0.1) is 0 Å². The van der Waals surface area contributed by atoms with Crippen molar-refractivity contribution < 1.29 is 28.6 Å². The maximum Gasteiger partial charge on any atom is 0.306 e.